The highest BCUT2D eigenvalue weighted by Gasteiger charge is 2.24. The quantitative estimate of drug-likeness (QED) is 0.601. The molecule has 108 valence electrons. The summed E-state index contributed by atoms with van der Waals surface area (Å²) in [4.78, 5) is 10.8. The Balaban J connectivity index is 2.78. The van der Waals surface area contributed by atoms with Crippen LogP contribution in [0.5, 0.6) is 0 Å². The highest BCUT2D eigenvalue weighted by atomic mass is 35.5. The third-order valence-electron chi connectivity index (χ3n) is 2.02. The van der Waals surface area contributed by atoms with Gasteiger partial charge in [-0.05, 0) is 5.41 Å². The van der Waals surface area contributed by atoms with E-state index in [1.165, 1.54) is 6.92 Å². The molecule has 0 saturated heterocycles. The van der Waals surface area contributed by atoms with Gasteiger partial charge in [-0.1, -0.05) is 25.2 Å². The number of nitrogens with one attached hydrogen (secondary N) is 2. The molecule has 0 bridgehead atoms. The summed E-state index contributed by atoms with van der Waals surface area (Å²) in [6, 6.07) is 0. The fraction of sp³-hybridized carbons (Fsp3) is 0.667. The Morgan fingerprint density at radius 3 is 2.58 bits per heavy atom. The summed E-state index contributed by atoms with van der Waals surface area (Å²) in [7, 11) is -3.73. The Bertz CT molecular complexity index is 556. The summed E-state index contributed by atoms with van der Waals surface area (Å²) in [6.07, 6.45) is 0. The largest absolute Gasteiger partial charge is 0.301 e. The Morgan fingerprint density at radius 2 is 2.05 bits per heavy atom. The standard InChI is InChI=1S/C9H15ClN4O3S2/c1-6(15)12-7-13-14-8(18-7)19(16,17)11-5-9(2,3)4-10/h11H,4-5H2,1-3H3,(H,12,13,15). The number of alkyl halides is 1. The van der Waals surface area contributed by atoms with Crippen molar-refractivity contribution in [2.45, 2.75) is 25.1 Å². The molecule has 1 aromatic heterocycles. The van der Waals surface area contributed by atoms with Gasteiger partial charge in [-0.15, -0.1) is 21.8 Å². The van der Waals surface area contributed by atoms with Crippen LogP contribution in [0.25, 0.3) is 0 Å². The Kier molecular flexibility index (Phi) is 5.25. The molecule has 1 heterocycles. The van der Waals surface area contributed by atoms with E-state index >= 15 is 0 Å². The predicted molar refractivity (Wildman–Crippen MR) is 73.9 cm³/mol. The van der Waals surface area contributed by atoms with Crippen LogP contribution in [0.1, 0.15) is 20.8 Å². The minimum Gasteiger partial charge on any atom is -0.301 e. The molecule has 0 aliphatic carbocycles. The first-order chi connectivity index (χ1) is 8.66. The average molecular weight is 327 g/mol. The van der Waals surface area contributed by atoms with E-state index in [1.807, 2.05) is 13.8 Å². The van der Waals surface area contributed by atoms with Crippen molar-refractivity contribution < 1.29 is 13.2 Å². The topological polar surface area (TPSA) is 101 Å². The van der Waals surface area contributed by atoms with Gasteiger partial charge in [0.1, 0.15) is 0 Å². The fourth-order valence-corrected chi connectivity index (χ4v) is 3.24. The monoisotopic (exact) mass is 326 g/mol. The molecule has 1 amide bonds. The molecule has 0 aliphatic heterocycles. The average Bonchev–Trinajstić information content (AvgIpc) is 2.75. The second kappa shape index (κ2) is 6.12. The van der Waals surface area contributed by atoms with Crippen molar-refractivity contribution in [3.05, 3.63) is 0 Å². The SMILES string of the molecule is CC(=O)Nc1nnc(S(=O)(=O)NCC(C)(C)CCl)s1. The van der Waals surface area contributed by atoms with Crippen molar-refractivity contribution >= 4 is 44.0 Å². The van der Waals surface area contributed by atoms with Crippen LogP contribution in [-0.2, 0) is 14.8 Å². The van der Waals surface area contributed by atoms with E-state index in [2.05, 4.69) is 20.2 Å². The maximum absolute atomic E-state index is 11.9. The van der Waals surface area contributed by atoms with Crippen molar-refractivity contribution in [1.29, 1.82) is 0 Å². The van der Waals surface area contributed by atoms with Gasteiger partial charge in [0.05, 0.1) is 0 Å². The van der Waals surface area contributed by atoms with Crippen molar-refractivity contribution in [1.82, 2.24) is 14.9 Å². The van der Waals surface area contributed by atoms with Gasteiger partial charge in [0.2, 0.25) is 15.4 Å². The van der Waals surface area contributed by atoms with Gasteiger partial charge in [0.15, 0.2) is 0 Å². The maximum atomic E-state index is 11.9. The molecular formula is C9H15ClN4O3S2. The zero-order chi connectivity index (χ0) is 14.7. The first-order valence-corrected chi connectivity index (χ1v) is 8.16. The first-order valence-electron chi connectivity index (χ1n) is 5.33. The molecule has 0 aliphatic rings. The summed E-state index contributed by atoms with van der Waals surface area (Å²) >= 11 is 6.51. The third kappa shape index (κ3) is 5.01. The number of aromatic nitrogens is 2. The fourth-order valence-electron chi connectivity index (χ4n) is 0.919. The summed E-state index contributed by atoms with van der Waals surface area (Å²) in [6.45, 7) is 5.17. The summed E-state index contributed by atoms with van der Waals surface area (Å²) in [5.41, 5.74) is -0.361. The summed E-state index contributed by atoms with van der Waals surface area (Å²) in [5, 5.41) is 9.63. The molecule has 19 heavy (non-hydrogen) atoms. The number of carbonyl (C=O) groups excluding carboxylic acids is 1. The molecule has 0 aromatic carbocycles. The Hall–Kier alpha value is -0.770. The number of hydrogen-bond acceptors (Lipinski definition) is 6. The smallest absolute Gasteiger partial charge is 0.269 e. The number of hydrogen-bond donors (Lipinski definition) is 2. The zero-order valence-electron chi connectivity index (χ0n) is 10.7. The van der Waals surface area contributed by atoms with E-state index in [9.17, 15) is 13.2 Å². The van der Waals surface area contributed by atoms with Crippen LogP contribution >= 0.6 is 22.9 Å². The lowest BCUT2D eigenvalue weighted by Crippen LogP contribution is -2.35. The lowest BCUT2D eigenvalue weighted by atomic mass is 9.97. The highest BCUT2D eigenvalue weighted by molar-refractivity contribution is 7.91. The van der Waals surface area contributed by atoms with E-state index in [4.69, 9.17) is 11.6 Å². The van der Waals surface area contributed by atoms with Crippen LogP contribution in [0.3, 0.4) is 0 Å². The van der Waals surface area contributed by atoms with Crippen molar-refractivity contribution in [2.75, 3.05) is 17.7 Å². The molecule has 0 radical (unpaired) electrons. The summed E-state index contributed by atoms with van der Waals surface area (Å²) < 4.78 is 26.1. The minimum atomic E-state index is -3.73. The predicted octanol–water partition coefficient (Wildman–Crippen LogP) is 1.04. The van der Waals surface area contributed by atoms with Crippen molar-refractivity contribution in [3.8, 4) is 0 Å². The van der Waals surface area contributed by atoms with Gasteiger partial charge in [0, 0.05) is 19.3 Å². The summed E-state index contributed by atoms with van der Waals surface area (Å²) in [5.74, 6) is -0.0145. The lowest BCUT2D eigenvalue weighted by Gasteiger charge is -2.20. The van der Waals surface area contributed by atoms with E-state index in [0.717, 1.165) is 11.3 Å². The molecule has 2 N–H and O–H groups in total. The van der Waals surface area contributed by atoms with Crippen LogP contribution in [0.4, 0.5) is 5.13 Å². The number of nitrogens with zero attached hydrogens (tertiary/aromatic N) is 2. The van der Waals surface area contributed by atoms with Gasteiger partial charge in [-0.25, -0.2) is 13.1 Å². The number of sulfonamides is 1. The van der Waals surface area contributed by atoms with E-state index in [-0.39, 0.29) is 27.3 Å². The van der Waals surface area contributed by atoms with Crippen LogP contribution < -0.4 is 10.0 Å². The van der Waals surface area contributed by atoms with Gasteiger partial charge in [0.25, 0.3) is 10.0 Å². The highest BCUT2D eigenvalue weighted by Crippen LogP contribution is 2.21. The van der Waals surface area contributed by atoms with Gasteiger partial charge >= 0.3 is 0 Å². The number of rotatable bonds is 6. The third-order valence-corrected chi connectivity index (χ3v) is 5.35. The van der Waals surface area contributed by atoms with Crippen molar-refractivity contribution in [3.63, 3.8) is 0 Å². The lowest BCUT2D eigenvalue weighted by molar-refractivity contribution is -0.114. The van der Waals surface area contributed by atoms with Crippen molar-refractivity contribution in [2.24, 2.45) is 5.41 Å². The molecule has 1 aromatic rings. The number of anilines is 1. The van der Waals surface area contributed by atoms with E-state index in [0.29, 0.717) is 5.88 Å². The Labute approximate surface area is 120 Å². The van der Waals surface area contributed by atoms with Crippen LogP contribution in [0.15, 0.2) is 4.34 Å². The molecule has 0 saturated carbocycles. The molecule has 0 atom stereocenters. The van der Waals surface area contributed by atoms with Crippen LogP contribution in [0, 0.1) is 5.41 Å². The van der Waals surface area contributed by atoms with Gasteiger partial charge in [-0.3, -0.25) is 4.79 Å². The minimum absolute atomic E-state index is 0.143. The molecule has 1 rings (SSSR count). The number of halogens is 1. The molecule has 0 fully saturated rings. The van der Waals surface area contributed by atoms with Crippen LogP contribution in [0.2, 0.25) is 0 Å². The Morgan fingerprint density at radius 1 is 1.42 bits per heavy atom. The van der Waals surface area contributed by atoms with Crippen LogP contribution in [-0.4, -0.2) is 36.9 Å². The first kappa shape index (κ1) is 16.3. The van der Waals surface area contributed by atoms with E-state index in [1.54, 1.807) is 0 Å². The zero-order valence-corrected chi connectivity index (χ0v) is 13.1. The van der Waals surface area contributed by atoms with Gasteiger partial charge in [-0.2, -0.15) is 0 Å². The maximum Gasteiger partial charge on any atom is 0.269 e. The van der Waals surface area contributed by atoms with E-state index < -0.39 is 10.0 Å². The number of carbonyl (C=O) groups is 1. The molecule has 0 unspecified atom stereocenters. The molecule has 0 spiro atoms. The number of amides is 1. The second-order valence-electron chi connectivity index (χ2n) is 4.68. The molecule has 7 nitrogen and oxygen atoms in total. The molecule has 10 heteroatoms. The second-order valence-corrected chi connectivity index (χ2v) is 7.86. The normalized spacial score (nSPS) is 12.4. The molecular weight excluding hydrogens is 312 g/mol. The van der Waals surface area contributed by atoms with Gasteiger partial charge < -0.3 is 5.32 Å².